The molecule has 2 amide bonds. The number of hydrogen-bond donors (Lipinski definition) is 0. The Hall–Kier alpha value is -2.18. The number of rotatable bonds is 4. The molecule has 2 aromatic rings. The highest BCUT2D eigenvalue weighted by atomic mass is 32.1. The maximum atomic E-state index is 13.4. The first kappa shape index (κ1) is 21.1. The van der Waals surface area contributed by atoms with Gasteiger partial charge in [0.2, 0.25) is 5.91 Å². The van der Waals surface area contributed by atoms with Gasteiger partial charge in [0.25, 0.3) is 5.91 Å². The number of hydrogen-bond acceptors (Lipinski definition) is 4. The molecule has 0 saturated carbocycles. The molecule has 3 heterocycles. The van der Waals surface area contributed by atoms with E-state index in [1.54, 1.807) is 18.3 Å². The summed E-state index contributed by atoms with van der Waals surface area (Å²) in [6, 6.07) is 8.35. The fraction of sp³-hybridized carbons (Fsp3) is 0.500. The molecular weight excluding hydrogens is 396 g/mol. The molecule has 6 heteroatoms. The van der Waals surface area contributed by atoms with Gasteiger partial charge < -0.3 is 14.5 Å². The van der Waals surface area contributed by atoms with E-state index >= 15 is 0 Å². The van der Waals surface area contributed by atoms with Gasteiger partial charge in [0.05, 0.1) is 18.1 Å². The monoisotopic (exact) mass is 426 g/mol. The Morgan fingerprint density at radius 1 is 1.13 bits per heavy atom. The van der Waals surface area contributed by atoms with Crippen molar-refractivity contribution in [3.8, 4) is 0 Å². The molecule has 1 atom stereocenters. The Morgan fingerprint density at radius 3 is 2.67 bits per heavy atom. The zero-order chi connectivity index (χ0) is 21.1. The van der Waals surface area contributed by atoms with E-state index in [1.807, 2.05) is 21.9 Å². The van der Waals surface area contributed by atoms with Crippen molar-refractivity contribution in [3.05, 3.63) is 46.9 Å². The number of ether oxygens (including phenoxy) is 1. The van der Waals surface area contributed by atoms with E-state index in [-0.39, 0.29) is 17.9 Å². The predicted molar refractivity (Wildman–Crippen MR) is 121 cm³/mol. The number of amides is 2. The van der Waals surface area contributed by atoms with Crippen LogP contribution in [0, 0.1) is 0 Å². The molecule has 1 aromatic carbocycles. The van der Waals surface area contributed by atoms with Gasteiger partial charge in [-0.15, -0.1) is 11.3 Å². The molecule has 0 bridgehead atoms. The molecule has 2 saturated heterocycles. The van der Waals surface area contributed by atoms with Crippen molar-refractivity contribution >= 4 is 33.2 Å². The topological polar surface area (TPSA) is 49.9 Å². The normalized spacial score (nSPS) is 20.2. The Morgan fingerprint density at radius 2 is 1.90 bits per heavy atom. The van der Waals surface area contributed by atoms with Crippen molar-refractivity contribution in [2.75, 3.05) is 32.8 Å². The van der Waals surface area contributed by atoms with Crippen LogP contribution in [-0.2, 0) is 16.0 Å². The van der Waals surface area contributed by atoms with E-state index in [4.69, 9.17) is 4.74 Å². The molecule has 4 rings (SSSR count). The zero-order valence-corrected chi connectivity index (χ0v) is 18.5. The fourth-order valence-corrected chi connectivity index (χ4v) is 5.72. The number of thiophene rings is 1. The quantitative estimate of drug-likeness (QED) is 0.687. The van der Waals surface area contributed by atoms with E-state index in [0.29, 0.717) is 38.3 Å². The first-order chi connectivity index (χ1) is 14.6. The Kier molecular flexibility index (Phi) is 6.54. The van der Waals surface area contributed by atoms with E-state index in [2.05, 4.69) is 18.7 Å². The summed E-state index contributed by atoms with van der Waals surface area (Å²) < 4.78 is 6.56. The summed E-state index contributed by atoms with van der Waals surface area (Å²) in [5.74, 6) is 0.142. The van der Waals surface area contributed by atoms with Crippen molar-refractivity contribution in [3.63, 3.8) is 0 Å². The Labute approximate surface area is 182 Å². The Balaban J connectivity index is 1.70. The lowest BCUT2D eigenvalue weighted by atomic mass is 9.97. The summed E-state index contributed by atoms with van der Waals surface area (Å²) in [5.41, 5.74) is 1.68. The summed E-state index contributed by atoms with van der Waals surface area (Å²) in [6.07, 6.45) is 4.96. The second-order valence-electron chi connectivity index (χ2n) is 8.30. The SMILES string of the molecule is C=C(C)C(=O)N1CCCCCC1Cc1c(C(=O)N2CCOCC2)sc2ccccc12. The molecule has 160 valence electrons. The van der Waals surface area contributed by atoms with Gasteiger partial charge in [0, 0.05) is 35.9 Å². The standard InChI is InChI=1S/C24H30N2O3S/c1-17(2)23(27)26-11-7-3-4-8-18(26)16-20-19-9-5-6-10-21(19)30-22(20)24(28)25-12-14-29-15-13-25/h5-6,9-10,18H,1,3-4,7-8,11-16H2,2H3. The summed E-state index contributed by atoms with van der Waals surface area (Å²) in [4.78, 5) is 31.0. The minimum Gasteiger partial charge on any atom is -0.378 e. The van der Waals surface area contributed by atoms with Gasteiger partial charge in [-0.3, -0.25) is 9.59 Å². The predicted octanol–water partition coefficient (Wildman–Crippen LogP) is 4.26. The van der Waals surface area contributed by atoms with Gasteiger partial charge >= 0.3 is 0 Å². The summed E-state index contributed by atoms with van der Waals surface area (Å²) in [6.45, 7) is 8.90. The van der Waals surface area contributed by atoms with Crippen molar-refractivity contribution in [1.82, 2.24) is 9.80 Å². The fourth-order valence-electron chi connectivity index (χ4n) is 4.52. The van der Waals surface area contributed by atoms with E-state index in [1.165, 1.54) is 0 Å². The first-order valence-electron chi connectivity index (χ1n) is 10.9. The minimum atomic E-state index is 0.0440. The molecule has 2 fully saturated rings. The number of carbonyl (C=O) groups is 2. The van der Waals surface area contributed by atoms with Crippen molar-refractivity contribution in [2.45, 2.75) is 45.1 Å². The van der Waals surface area contributed by atoms with Crippen LogP contribution in [0.15, 0.2) is 36.4 Å². The van der Waals surface area contributed by atoms with Crippen LogP contribution in [0.1, 0.15) is 47.8 Å². The third kappa shape index (κ3) is 4.30. The number of morpholine rings is 1. The number of fused-ring (bicyclic) bond motifs is 1. The van der Waals surface area contributed by atoms with Gasteiger partial charge in [-0.2, -0.15) is 0 Å². The third-order valence-electron chi connectivity index (χ3n) is 6.13. The number of carbonyl (C=O) groups excluding carboxylic acids is 2. The van der Waals surface area contributed by atoms with Crippen molar-refractivity contribution < 1.29 is 14.3 Å². The second-order valence-corrected chi connectivity index (χ2v) is 9.35. The highest BCUT2D eigenvalue weighted by Crippen LogP contribution is 2.35. The highest BCUT2D eigenvalue weighted by Gasteiger charge is 2.30. The molecule has 2 aliphatic rings. The van der Waals surface area contributed by atoms with Gasteiger partial charge in [-0.1, -0.05) is 37.6 Å². The van der Waals surface area contributed by atoms with Gasteiger partial charge in [-0.05, 0) is 43.2 Å². The zero-order valence-electron chi connectivity index (χ0n) is 17.7. The van der Waals surface area contributed by atoms with E-state index in [0.717, 1.165) is 52.8 Å². The molecule has 1 unspecified atom stereocenters. The largest absolute Gasteiger partial charge is 0.378 e. The van der Waals surface area contributed by atoms with Crippen LogP contribution in [0.5, 0.6) is 0 Å². The lowest BCUT2D eigenvalue weighted by molar-refractivity contribution is -0.129. The lowest BCUT2D eigenvalue weighted by Gasteiger charge is -2.31. The molecule has 0 N–H and O–H groups in total. The van der Waals surface area contributed by atoms with Crippen LogP contribution >= 0.6 is 11.3 Å². The average molecular weight is 427 g/mol. The maximum Gasteiger partial charge on any atom is 0.264 e. The minimum absolute atomic E-state index is 0.0440. The van der Waals surface area contributed by atoms with Gasteiger partial charge in [0.1, 0.15) is 0 Å². The summed E-state index contributed by atoms with van der Waals surface area (Å²) in [7, 11) is 0. The maximum absolute atomic E-state index is 13.4. The second kappa shape index (κ2) is 9.31. The third-order valence-corrected chi connectivity index (χ3v) is 7.33. The molecule has 5 nitrogen and oxygen atoms in total. The summed E-state index contributed by atoms with van der Waals surface area (Å²) >= 11 is 1.58. The molecule has 30 heavy (non-hydrogen) atoms. The number of likely N-dealkylation sites (tertiary alicyclic amines) is 1. The molecule has 1 aromatic heterocycles. The van der Waals surface area contributed by atoms with Crippen molar-refractivity contribution in [1.29, 1.82) is 0 Å². The van der Waals surface area contributed by atoms with Gasteiger partial charge in [-0.25, -0.2) is 0 Å². The van der Waals surface area contributed by atoms with E-state index in [9.17, 15) is 9.59 Å². The Bertz CT molecular complexity index is 945. The number of nitrogens with zero attached hydrogens (tertiary/aromatic N) is 2. The lowest BCUT2D eigenvalue weighted by Crippen LogP contribution is -2.42. The van der Waals surface area contributed by atoms with Gasteiger partial charge in [0.15, 0.2) is 0 Å². The summed E-state index contributed by atoms with van der Waals surface area (Å²) in [5, 5.41) is 1.14. The molecule has 0 spiro atoms. The molecular formula is C24H30N2O3S. The number of benzene rings is 1. The highest BCUT2D eigenvalue weighted by molar-refractivity contribution is 7.21. The smallest absolute Gasteiger partial charge is 0.264 e. The van der Waals surface area contributed by atoms with Crippen LogP contribution < -0.4 is 0 Å². The van der Waals surface area contributed by atoms with E-state index < -0.39 is 0 Å². The average Bonchev–Trinajstić information content (AvgIpc) is 2.96. The first-order valence-corrected chi connectivity index (χ1v) is 11.7. The molecule has 0 aliphatic carbocycles. The van der Waals surface area contributed by atoms with Crippen LogP contribution in [0.2, 0.25) is 0 Å². The molecule has 0 radical (unpaired) electrons. The van der Waals surface area contributed by atoms with Crippen LogP contribution in [0.25, 0.3) is 10.1 Å². The van der Waals surface area contributed by atoms with Crippen LogP contribution in [-0.4, -0.2) is 60.5 Å². The molecule has 2 aliphatic heterocycles. The van der Waals surface area contributed by atoms with Crippen molar-refractivity contribution in [2.24, 2.45) is 0 Å². The van der Waals surface area contributed by atoms with Crippen LogP contribution in [0.3, 0.4) is 0 Å². The van der Waals surface area contributed by atoms with Crippen LogP contribution in [0.4, 0.5) is 0 Å².